The highest BCUT2D eigenvalue weighted by atomic mass is 16.5. The number of hydrogen-bond donors (Lipinski definition) is 2. The summed E-state index contributed by atoms with van der Waals surface area (Å²) in [5.74, 6) is 0.785. The van der Waals surface area contributed by atoms with E-state index in [9.17, 15) is 4.79 Å². The van der Waals surface area contributed by atoms with Gasteiger partial charge in [-0.2, -0.15) is 0 Å². The van der Waals surface area contributed by atoms with E-state index in [1.54, 1.807) is 6.92 Å². The zero-order chi connectivity index (χ0) is 14.4. The maximum Gasteiger partial charge on any atom is 0.411 e. The smallest absolute Gasteiger partial charge is 0.411 e. The molecule has 0 bridgehead atoms. The van der Waals surface area contributed by atoms with Crippen molar-refractivity contribution in [3.05, 3.63) is 24.3 Å². The Morgan fingerprint density at radius 3 is 2.55 bits per heavy atom. The third-order valence-corrected chi connectivity index (χ3v) is 3.94. The first-order valence-corrected chi connectivity index (χ1v) is 7.53. The zero-order valence-electron chi connectivity index (χ0n) is 12.3. The van der Waals surface area contributed by atoms with Gasteiger partial charge in [-0.3, -0.25) is 5.32 Å². The molecule has 1 aromatic rings. The number of carbonyl (C=O) groups is 1. The Hall–Kier alpha value is -1.71. The predicted molar refractivity (Wildman–Crippen MR) is 82.1 cm³/mol. The summed E-state index contributed by atoms with van der Waals surface area (Å²) in [6, 6.07) is 8.40. The fraction of sp³-hybridized carbons (Fsp3) is 0.562. The van der Waals surface area contributed by atoms with Gasteiger partial charge in [0.2, 0.25) is 0 Å². The molecule has 0 aromatic heterocycles. The third-order valence-electron chi connectivity index (χ3n) is 3.94. The maximum atomic E-state index is 11.3. The molecule has 1 aliphatic carbocycles. The third kappa shape index (κ3) is 3.89. The number of anilines is 2. The van der Waals surface area contributed by atoms with Gasteiger partial charge in [-0.1, -0.05) is 19.8 Å². The number of ether oxygens (including phenoxy) is 1. The average molecular weight is 276 g/mol. The molecule has 2 rings (SSSR count). The highest BCUT2D eigenvalue weighted by Gasteiger charge is 2.25. The Balaban J connectivity index is 1.89. The second kappa shape index (κ2) is 7.17. The number of amides is 1. The largest absolute Gasteiger partial charge is 0.450 e. The van der Waals surface area contributed by atoms with Crippen LogP contribution in [0.1, 0.15) is 39.5 Å². The molecule has 4 nitrogen and oxygen atoms in total. The Kier molecular flexibility index (Phi) is 5.27. The van der Waals surface area contributed by atoms with Crippen molar-refractivity contribution in [2.24, 2.45) is 5.92 Å². The Labute approximate surface area is 120 Å². The van der Waals surface area contributed by atoms with E-state index in [0.717, 1.165) is 17.3 Å². The van der Waals surface area contributed by atoms with Crippen molar-refractivity contribution in [1.82, 2.24) is 0 Å². The molecular formula is C16H24N2O2. The average Bonchev–Trinajstić information content (AvgIpc) is 2.88. The lowest BCUT2D eigenvalue weighted by Crippen LogP contribution is -2.23. The van der Waals surface area contributed by atoms with Crippen LogP contribution in [0.5, 0.6) is 0 Å². The van der Waals surface area contributed by atoms with Gasteiger partial charge in [0, 0.05) is 17.4 Å². The second-order valence-corrected chi connectivity index (χ2v) is 5.27. The molecule has 1 fully saturated rings. The number of nitrogens with one attached hydrogen (secondary N) is 2. The van der Waals surface area contributed by atoms with Gasteiger partial charge in [-0.15, -0.1) is 0 Å². The first-order chi connectivity index (χ1) is 9.72. The van der Waals surface area contributed by atoms with Crippen molar-refractivity contribution in [3.8, 4) is 0 Å². The molecule has 1 aliphatic rings. The topological polar surface area (TPSA) is 50.4 Å². The lowest BCUT2D eigenvalue weighted by Gasteiger charge is -2.21. The standard InChI is InChI=1S/C16H24N2O2/c1-3-12-6-5-7-15(12)17-13-8-10-14(11-9-13)18-16(19)20-4-2/h8-12,15,17H,3-7H2,1-2H3,(H,18,19). The number of carbonyl (C=O) groups excluding carboxylic acids is 1. The minimum atomic E-state index is -0.407. The summed E-state index contributed by atoms with van der Waals surface area (Å²) in [5.41, 5.74) is 1.87. The summed E-state index contributed by atoms with van der Waals surface area (Å²) in [4.78, 5) is 11.3. The molecule has 1 saturated carbocycles. The van der Waals surface area contributed by atoms with Gasteiger partial charge in [0.05, 0.1) is 6.61 Å². The van der Waals surface area contributed by atoms with E-state index in [0.29, 0.717) is 12.6 Å². The van der Waals surface area contributed by atoms with Gasteiger partial charge < -0.3 is 10.1 Å². The van der Waals surface area contributed by atoms with Crippen molar-refractivity contribution >= 4 is 17.5 Å². The minimum Gasteiger partial charge on any atom is -0.450 e. The highest BCUT2D eigenvalue weighted by molar-refractivity contribution is 5.84. The molecule has 4 heteroatoms. The lowest BCUT2D eigenvalue weighted by atomic mass is 10.0. The fourth-order valence-electron chi connectivity index (χ4n) is 2.86. The van der Waals surface area contributed by atoms with Crippen LogP contribution in [0.3, 0.4) is 0 Å². The molecule has 1 aromatic carbocycles. The number of rotatable bonds is 5. The SMILES string of the molecule is CCOC(=O)Nc1ccc(NC2CCCC2CC)cc1. The van der Waals surface area contributed by atoms with Gasteiger partial charge in [0.25, 0.3) is 0 Å². The molecule has 0 radical (unpaired) electrons. The van der Waals surface area contributed by atoms with E-state index in [4.69, 9.17) is 4.74 Å². The molecule has 110 valence electrons. The molecule has 1 amide bonds. The zero-order valence-corrected chi connectivity index (χ0v) is 12.3. The van der Waals surface area contributed by atoms with Crippen molar-refractivity contribution < 1.29 is 9.53 Å². The summed E-state index contributed by atoms with van der Waals surface area (Å²) < 4.78 is 4.85. The molecule has 0 heterocycles. The van der Waals surface area contributed by atoms with E-state index in [2.05, 4.69) is 17.6 Å². The molecule has 2 N–H and O–H groups in total. The predicted octanol–water partition coefficient (Wildman–Crippen LogP) is 4.25. The quantitative estimate of drug-likeness (QED) is 0.845. The van der Waals surface area contributed by atoms with Gasteiger partial charge >= 0.3 is 6.09 Å². The fourth-order valence-corrected chi connectivity index (χ4v) is 2.86. The summed E-state index contributed by atoms with van der Waals surface area (Å²) in [6.07, 6.45) is 4.73. The van der Waals surface area contributed by atoms with Crippen LogP contribution in [0.25, 0.3) is 0 Å². The molecule has 2 atom stereocenters. The van der Waals surface area contributed by atoms with Crippen molar-refractivity contribution in [2.75, 3.05) is 17.2 Å². The van der Waals surface area contributed by atoms with E-state index < -0.39 is 6.09 Å². The van der Waals surface area contributed by atoms with E-state index in [1.165, 1.54) is 25.7 Å². The Morgan fingerprint density at radius 1 is 1.20 bits per heavy atom. The van der Waals surface area contributed by atoms with Crippen LogP contribution in [0.15, 0.2) is 24.3 Å². The molecule has 0 saturated heterocycles. The summed E-state index contributed by atoms with van der Waals surface area (Å²) in [7, 11) is 0. The van der Waals surface area contributed by atoms with Crippen molar-refractivity contribution in [2.45, 2.75) is 45.6 Å². The summed E-state index contributed by atoms with van der Waals surface area (Å²) >= 11 is 0. The minimum absolute atomic E-state index is 0.381. The van der Waals surface area contributed by atoms with Crippen molar-refractivity contribution in [1.29, 1.82) is 0 Å². The second-order valence-electron chi connectivity index (χ2n) is 5.27. The van der Waals surface area contributed by atoms with Crippen LogP contribution >= 0.6 is 0 Å². The Morgan fingerprint density at radius 2 is 1.90 bits per heavy atom. The van der Waals surface area contributed by atoms with Crippen LogP contribution in [0, 0.1) is 5.92 Å². The number of benzene rings is 1. The van der Waals surface area contributed by atoms with Crippen molar-refractivity contribution in [3.63, 3.8) is 0 Å². The van der Waals surface area contributed by atoms with Gasteiger partial charge in [-0.25, -0.2) is 4.79 Å². The van der Waals surface area contributed by atoms with Gasteiger partial charge in [0.15, 0.2) is 0 Å². The highest BCUT2D eigenvalue weighted by Crippen LogP contribution is 2.30. The van der Waals surface area contributed by atoms with E-state index in [-0.39, 0.29) is 0 Å². The lowest BCUT2D eigenvalue weighted by molar-refractivity contribution is 0.168. The summed E-state index contributed by atoms with van der Waals surface area (Å²) in [6.45, 7) is 4.43. The summed E-state index contributed by atoms with van der Waals surface area (Å²) in [5, 5.41) is 6.30. The molecule has 2 unspecified atom stereocenters. The number of hydrogen-bond acceptors (Lipinski definition) is 3. The van der Waals surface area contributed by atoms with Gasteiger partial charge in [-0.05, 0) is 49.9 Å². The van der Waals surface area contributed by atoms with Crippen LogP contribution in [-0.4, -0.2) is 18.7 Å². The Bertz CT molecular complexity index is 431. The van der Waals surface area contributed by atoms with Gasteiger partial charge in [0.1, 0.15) is 0 Å². The molecular weight excluding hydrogens is 252 g/mol. The normalized spacial score (nSPS) is 21.5. The first-order valence-electron chi connectivity index (χ1n) is 7.53. The maximum absolute atomic E-state index is 11.3. The van der Waals surface area contributed by atoms with E-state index >= 15 is 0 Å². The molecule has 0 aliphatic heterocycles. The van der Waals surface area contributed by atoms with Crippen LogP contribution in [0.4, 0.5) is 16.2 Å². The molecule has 20 heavy (non-hydrogen) atoms. The first kappa shape index (κ1) is 14.7. The van der Waals surface area contributed by atoms with Crippen LogP contribution < -0.4 is 10.6 Å². The molecule has 0 spiro atoms. The van der Waals surface area contributed by atoms with E-state index in [1.807, 2.05) is 24.3 Å². The van der Waals surface area contributed by atoms with Crippen LogP contribution in [0.2, 0.25) is 0 Å². The monoisotopic (exact) mass is 276 g/mol. The van der Waals surface area contributed by atoms with Crippen LogP contribution in [-0.2, 0) is 4.74 Å².